The number of hydrogen-bond donors (Lipinski definition) is 0. The Morgan fingerprint density at radius 3 is 1.50 bits per heavy atom. The summed E-state index contributed by atoms with van der Waals surface area (Å²) in [6, 6.07) is 31.2. The van der Waals surface area contributed by atoms with Gasteiger partial charge in [-0.15, -0.1) is 0 Å². The van der Waals surface area contributed by atoms with Crippen molar-refractivity contribution in [1.29, 1.82) is 0 Å². The summed E-state index contributed by atoms with van der Waals surface area (Å²) in [6.45, 7) is 4.53. The molecule has 0 unspecified atom stereocenters. The van der Waals surface area contributed by atoms with Crippen molar-refractivity contribution in [1.82, 2.24) is 0 Å². The summed E-state index contributed by atoms with van der Waals surface area (Å²) < 4.78 is 0. The van der Waals surface area contributed by atoms with Crippen molar-refractivity contribution in [3.8, 4) is 0 Å². The third-order valence-electron chi connectivity index (χ3n) is 6.46. The molecular formula is C28H20. The van der Waals surface area contributed by atoms with Crippen LogP contribution >= 0.6 is 0 Å². The zero-order valence-corrected chi connectivity index (χ0v) is 16.1. The maximum Gasteiger partial charge on any atom is -0.00115 e. The average molecular weight is 356 g/mol. The first-order chi connectivity index (χ1) is 13.7. The van der Waals surface area contributed by atoms with E-state index in [9.17, 15) is 0 Å². The maximum absolute atomic E-state index is 2.32. The van der Waals surface area contributed by atoms with Crippen molar-refractivity contribution in [3.63, 3.8) is 0 Å². The van der Waals surface area contributed by atoms with Crippen LogP contribution in [0.2, 0.25) is 0 Å². The minimum absolute atomic E-state index is 1.30. The van der Waals surface area contributed by atoms with Crippen LogP contribution in [0.25, 0.3) is 53.9 Å². The molecule has 6 rings (SSSR count). The predicted molar refractivity (Wildman–Crippen MR) is 123 cm³/mol. The van der Waals surface area contributed by atoms with Crippen molar-refractivity contribution in [2.45, 2.75) is 13.8 Å². The second kappa shape index (κ2) is 5.56. The van der Waals surface area contributed by atoms with Crippen molar-refractivity contribution >= 4 is 53.9 Å². The number of rotatable bonds is 0. The third-order valence-corrected chi connectivity index (χ3v) is 6.46. The van der Waals surface area contributed by atoms with Gasteiger partial charge in [0, 0.05) is 0 Å². The van der Waals surface area contributed by atoms with E-state index in [1.165, 1.54) is 65.0 Å². The highest BCUT2D eigenvalue weighted by Gasteiger charge is 2.15. The summed E-state index contributed by atoms with van der Waals surface area (Å²) in [5, 5.41) is 13.5. The molecular weight excluding hydrogens is 336 g/mol. The van der Waals surface area contributed by atoms with Gasteiger partial charge in [-0.25, -0.2) is 0 Å². The summed E-state index contributed by atoms with van der Waals surface area (Å²) >= 11 is 0. The molecule has 0 spiro atoms. The van der Waals surface area contributed by atoms with Gasteiger partial charge in [-0.2, -0.15) is 0 Å². The van der Waals surface area contributed by atoms with E-state index in [0.717, 1.165) is 0 Å². The maximum atomic E-state index is 2.32. The first kappa shape index (κ1) is 15.7. The van der Waals surface area contributed by atoms with Crippen LogP contribution in [-0.4, -0.2) is 0 Å². The van der Waals surface area contributed by atoms with Gasteiger partial charge in [0.15, 0.2) is 0 Å². The minimum Gasteiger partial charge on any atom is -0.0616 e. The fourth-order valence-corrected chi connectivity index (χ4v) is 4.93. The number of benzene rings is 6. The summed E-state index contributed by atoms with van der Waals surface area (Å²) in [5.41, 5.74) is 2.76. The van der Waals surface area contributed by atoms with Crippen molar-refractivity contribution in [3.05, 3.63) is 96.1 Å². The van der Waals surface area contributed by atoms with Crippen LogP contribution in [0.15, 0.2) is 84.9 Å². The number of hydrogen-bond acceptors (Lipinski definition) is 0. The molecule has 28 heavy (non-hydrogen) atoms. The smallest absolute Gasteiger partial charge is 0.00115 e. The Bertz CT molecular complexity index is 1570. The first-order valence-corrected chi connectivity index (χ1v) is 9.89. The number of fused-ring (bicyclic) bond motifs is 9. The topological polar surface area (TPSA) is 0 Å². The molecule has 0 bridgehead atoms. The number of aryl methyl sites for hydroxylation is 2. The zero-order chi connectivity index (χ0) is 18.8. The highest BCUT2D eigenvalue weighted by molar-refractivity contribution is 6.33. The van der Waals surface area contributed by atoms with Crippen molar-refractivity contribution < 1.29 is 0 Å². The van der Waals surface area contributed by atoms with E-state index in [2.05, 4.69) is 98.8 Å². The van der Waals surface area contributed by atoms with Gasteiger partial charge in [0.1, 0.15) is 0 Å². The van der Waals surface area contributed by atoms with Crippen LogP contribution in [0.4, 0.5) is 0 Å². The van der Waals surface area contributed by atoms with Crippen LogP contribution in [0.1, 0.15) is 11.1 Å². The molecule has 6 aromatic rings. The van der Waals surface area contributed by atoms with E-state index in [1.807, 2.05) is 0 Å². The molecule has 6 aromatic carbocycles. The Morgan fingerprint density at radius 2 is 0.821 bits per heavy atom. The van der Waals surface area contributed by atoms with Crippen LogP contribution in [0, 0.1) is 13.8 Å². The van der Waals surface area contributed by atoms with Crippen LogP contribution in [0.5, 0.6) is 0 Å². The normalized spacial score (nSPS) is 11.9. The van der Waals surface area contributed by atoms with Crippen LogP contribution in [-0.2, 0) is 0 Å². The molecule has 0 aliphatic carbocycles. The zero-order valence-electron chi connectivity index (χ0n) is 16.1. The molecule has 0 amide bonds. The monoisotopic (exact) mass is 356 g/mol. The van der Waals surface area contributed by atoms with Crippen molar-refractivity contribution in [2.24, 2.45) is 0 Å². The molecule has 0 aliphatic rings. The second-order valence-electron chi connectivity index (χ2n) is 7.83. The fourth-order valence-electron chi connectivity index (χ4n) is 4.93. The third kappa shape index (κ3) is 1.95. The lowest BCUT2D eigenvalue weighted by Crippen LogP contribution is -1.91. The molecule has 0 heterocycles. The largest absolute Gasteiger partial charge is 0.0616 e. The molecule has 0 radical (unpaired) electrons. The summed E-state index contributed by atoms with van der Waals surface area (Å²) in [5.74, 6) is 0. The van der Waals surface area contributed by atoms with Gasteiger partial charge in [-0.3, -0.25) is 0 Å². The van der Waals surface area contributed by atoms with Crippen LogP contribution in [0.3, 0.4) is 0 Å². The minimum atomic E-state index is 1.30. The van der Waals surface area contributed by atoms with E-state index in [4.69, 9.17) is 0 Å². The molecule has 0 atom stereocenters. The lowest BCUT2D eigenvalue weighted by molar-refractivity contribution is 1.42. The summed E-state index contributed by atoms with van der Waals surface area (Å²) in [6.07, 6.45) is 0. The van der Waals surface area contributed by atoms with Gasteiger partial charge in [0.25, 0.3) is 0 Å². The lowest BCUT2D eigenvalue weighted by atomic mass is 9.86. The summed E-state index contributed by atoms with van der Waals surface area (Å²) in [7, 11) is 0. The predicted octanol–water partition coefficient (Wildman–Crippen LogP) is 8.07. The molecule has 0 nitrogen and oxygen atoms in total. The SMILES string of the molecule is Cc1c(C)c2ccc3ccc4ccccc4c3c2c2c1ccc1ccccc12. The van der Waals surface area contributed by atoms with E-state index >= 15 is 0 Å². The standard InChI is InChI=1S/C28H20/c1-17-18(2)23-16-14-21-12-11-19-7-3-5-9-24(19)26(21)28(23)27-22(17)15-13-20-8-4-6-10-25(20)27/h3-16H,1-2H3. The van der Waals surface area contributed by atoms with E-state index in [-0.39, 0.29) is 0 Å². The molecule has 0 saturated heterocycles. The molecule has 0 aliphatic heterocycles. The first-order valence-electron chi connectivity index (χ1n) is 9.89. The summed E-state index contributed by atoms with van der Waals surface area (Å²) in [4.78, 5) is 0. The fraction of sp³-hybridized carbons (Fsp3) is 0.0714. The average Bonchev–Trinajstić information content (AvgIpc) is 2.76. The Labute approximate surface area is 164 Å². The van der Waals surface area contributed by atoms with Gasteiger partial charge in [0.05, 0.1) is 0 Å². The molecule has 0 heteroatoms. The highest BCUT2D eigenvalue weighted by Crippen LogP contribution is 2.42. The van der Waals surface area contributed by atoms with E-state index in [0.29, 0.717) is 0 Å². The lowest BCUT2D eigenvalue weighted by Gasteiger charge is -2.17. The Morgan fingerprint density at radius 1 is 0.357 bits per heavy atom. The van der Waals surface area contributed by atoms with E-state index < -0.39 is 0 Å². The molecule has 0 fully saturated rings. The molecule has 0 saturated carbocycles. The Kier molecular flexibility index (Phi) is 3.11. The van der Waals surface area contributed by atoms with Crippen LogP contribution < -0.4 is 0 Å². The van der Waals surface area contributed by atoms with Gasteiger partial charge in [-0.1, -0.05) is 84.9 Å². The van der Waals surface area contributed by atoms with Gasteiger partial charge < -0.3 is 0 Å². The highest BCUT2D eigenvalue weighted by atomic mass is 14.2. The quantitative estimate of drug-likeness (QED) is 0.241. The Balaban J connectivity index is 2.07. The van der Waals surface area contributed by atoms with Gasteiger partial charge in [-0.05, 0) is 78.8 Å². The van der Waals surface area contributed by atoms with E-state index in [1.54, 1.807) is 0 Å². The molecule has 0 aromatic heterocycles. The molecule has 0 N–H and O–H groups in total. The van der Waals surface area contributed by atoms with Gasteiger partial charge in [0.2, 0.25) is 0 Å². The Hall–Kier alpha value is -3.38. The van der Waals surface area contributed by atoms with Crippen molar-refractivity contribution in [2.75, 3.05) is 0 Å². The second-order valence-corrected chi connectivity index (χ2v) is 7.83. The molecule has 132 valence electrons. The van der Waals surface area contributed by atoms with Gasteiger partial charge >= 0.3 is 0 Å².